The first-order chi connectivity index (χ1) is 9.83. The van der Waals surface area contributed by atoms with Crippen molar-refractivity contribution < 1.29 is 4.52 Å². The van der Waals surface area contributed by atoms with Crippen molar-refractivity contribution in [1.82, 2.24) is 15.1 Å². The minimum absolute atomic E-state index is 0.564. The second-order valence-corrected chi connectivity index (χ2v) is 4.45. The molecule has 3 rings (SSSR count). The fraction of sp³-hybridized carbons (Fsp3) is 0.133. The Morgan fingerprint density at radius 2 is 1.95 bits per heavy atom. The first kappa shape index (κ1) is 12.3. The molecule has 5 heteroatoms. The Bertz CT molecular complexity index is 694. The van der Waals surface area contributed by atoms with E-state index < -0.39 is 0 Å². The number of anilines is 1. The van der Waals surface area contributed by atoms with Crippen LogP contribution in [0.3, 0.4) is 0 Å². The number of aryl methyl sites for hydroxylation is 2. The molecular weight excluding hydrogens is 252 g/mol. The molecule has 0 saturated carbocycles. The molecule has 0 aliphatic rings. The highest BCUT2D eigenvalue weighted by molar-refractivity contribution is 5.52. The van der Waals surface area contributed by atoms with Crippen LogP contribution in [0.4, 0.5) is 5.69 Å². The van der Waals surface area contributed by atoms with Crippen molar-refractivity contribution in [2.24, 2.45) is 0 Å². The highest BCUT2D eigenvalue weighted by Crippen LogP contribution is 2.16. The average Bonchev–Trinajstić information content (AvgIpc) is 2.96. The van der Waals surface area contributed by atoms with Gasteiger partial charge in [-0.15, -0.1) is 0 Å². The molecule has 3 aromatic rings. The number of rotatable bonds is 4. The summed E-state index contributed by atoms with van der Waals surface area (Å²) in [5.41, 5.74) is 8.64. The van der Waals surface area contributed by atoms with Gasteiger partial charge >= 0.3 is 0 Å². The molecule has 0 radical (unpaired) electrons. The summed E-state index contributed by atoms with van der Waals surface area (Å²) in [5.74, 6) is 1.17. The molecule has 0 bridgehead atoms. The van der Waals surface area contributed by atoms with Crippen molar-refractivity contribution in [2.45, 2.75) is 12.8 Å². The molecule has 2 N–H and O–H groups in total. The molecule has 0 amide bonds. The second-order valence-electron chi connectivity index (χ2n) is 4.45. The third-order valence-electron chi connectivity index (χ3n) is 3.05. The first-order valence-corrected chi connectivity index (χ1v) is 6.39. The van der Waals surface area contributed by atoms with E-state index in [2.05, 4.69) is 15.1 Å². The summed E-state index contributed by atoms with van der Waals surface area (Å²) < 4.78 is 5.25. The molecule has 20 heavy (non-hydrogen) atoms. The van der Waals surface area contributed by atoms with Gasteiger partial charge in [0.2, 0.25) is 11.7 Å². The molecule has 0 unspecified atom stereocenters. The zero-order valence-corrected chi connectivity index (χ0v) is 10.9. The summed E-state index contributed by atoms with van der Waals surface area (Å²) in [4.78, 5) is 8.40. The van der Waals surface area contributed by atoms with Crippen molar-refractivity contribution in [3.05, 3.63) is 60.2 Å². The van der Waals surface area contributed by atoms with Gasteiger partial charge in [0.25, 0.3) is 0 Å². The summed E-state index contributed by atoms with van der Waals surface area (Å²) in [6.45, 7) is 0. The minimum Gasteiger partial charge on any atom is -0.399 e. The van der Waals surface area contributed by atoms with E-state index in [1.165, 1.54) is 0 Å². The fourth-order valence-corrected chi connectivity index (χ4v) is 1.97. The van der Waals surface area contributed by atoms with Gasteiger partial charge in [0, 0.05) is 30.1 Å². The van der Waals surface area contributed by atoms with Crippen LogP contribution in [0, 0.1) is 0 Å². The summed E-state index contributed by atoms with van der Waals surface area (Å²) >= 11 is 0. The molecule has 5 nitrogen and oxygen atoms in total. The van der Waals surface area contributed by atoms with Gasteiger partial charge in [0.05, 0.1) is 0 Å². The van der Waals surface area contributed by atoms with Crippen LogP contribution in [0.2, 0.25) is 0 Å². The lowest BCUT2D eigenvalue weighted by Gasteiger charge is -2.02. The Morgan fingerprint density at radius 1 is 1.05 bits per heavy atom. The third-order valence-corrected chi connectivity index (χ3v) is 3.05. The lowest BCUT2D eigenvalue weighted by Crippen LogP contribution is -1.97. The van der Waals surface area contributed by atoms with Crippen LogP contribution in [-0.4, -0.2) is 15.1 Å². The smallest absolute Gasteiger partial charge is 0.227 e. The van der Waals surface area contributed by atoms with Gasteiger partial charge in [-0.3, -0.25) is 4.98 Å². The van der Waals surface area contributed by atoms with Gasteiger partial charge in [0.15, 0.2) is 0 Å². The summed E-state index contributed by atoms with van der Waals surface area (Å²) in [7, 11) is 0. The topological polar surface area (TPSA) is 77.8 Å². The number of nitrogens with zero attached hydrogens (tertiary/aromatic N) is 3. The van der Waals surface area contributed by atoms with E-state index in [1.54, 1.807) is 12.4 Å². The number of para-hydroxylation sites is 1. The van der Waals surface area contributed by atoms with Gasteiger partial charge in [-0.2, -0.15) is 4.98 Å². The van der Waals surface area contributed by atoms with E-state index in [-0.39, 0.29) is 0 Å². The van der Waals surface area contributed by atoms with Crippen molar-refractivity contribution in [3.8, 4) is 11.4 Å². The third kappa shape index (κ3) is 2.66. The fourth-order valence-electron chi connectivity index (χ4n) is 1.97. The zero-order valence-electron chi connectivity index (χ0n) is 10.9. The van der Waals surface area contributed by atoms with E-state index in [9.17, 15) is 0 Å². The molecule has 0 aliphatic heterocycles. The molecular formula is C15H14N4O. The maximum absolute atomic E-state index is 5.91. The Kier molecular flexibility index (Phi) is 3.41. The van der Waals surface area contributed by atoms with E-state index in [0.717, 1.165) is 23.2 Å². The van der Waals surface area contributed by atoms with Crippen LogP contribution in [-0.2, 0) is 12.8 Å². The van der Waals surface area contributed by atoms with E-state index in [0.29, 0.717) is 18.1 Å². The predicted molar refractivity (Wildman–Crippen MR) is 75.8 cm³/mol. The van der Waals surface area contributed by atoms with E-state index in [4.69, 9.17) is 10.3 Å². The molecule has 100 valence electrons. The quantitative estimate of drug-likeness (QED) is 0.734. The van der Waals surface area contributed by atoms with Crippen LogP contribution in [0.5, 0.6) is 0 Å². The largest absolute Gasteiger partial charge is 0.399 e. The molecule has 0 saturated heterocycles. The standard InChI is InChI=1S/C15H14N4O/c16-13-6-2-1-4-11(13)7-8-14-18-15(19-20-14)12-5-3-9-17-10-12/h1-6,9-10H,7-8,16H2. The van der Waals surface area contributed by atoms with Crippen LogP contribution >= 0.6 is 0 Å². The molecule has 0 fully saturated rings. The molecule has 0 spiro atoms. The van der Waals surface area contributed by atoms with Gasteiger partial charge in [-0.1, -0.05) is 23.4 Å². The molecule has 0 aliphatic carbocycles. The normalized spacial score (nSPS) is 10.6. The Balaban J connectivity index is 1.71. The highest BCUT2D eigenvalue weighted by atomic mass is 16.5. The second kappa shape index (κ2) is 5.52. The monoisotopic (exact) mass is 266 g/mol. The Hall–Kier alpha value is -2.69. The first-order valence-electron chi connectivity index (χ1n) is 6.39. The van der Waals surface area contributed by atoms with Gasteiger partial charge < -0.3 is 10.3 Å². The van der Waals surface area contributed by atoms with Gasteiger partial charge in [-0.05, 0) is 30.2 Å². The van der Waals surface area contributed by atoms with E-state index in [1.807, 2.05) is 36.4 Å². The highest BCUT2D eigenvalue weighted by Gasteiger charge is 2.09. The maximum atomic E-state index is 5.91. The lowest BCUT2D eigenvalue weighted by molar-refractivity contribution is 0.379. The number of aromatic nitrogens is 3. The molecule has 2 heterocycles. The Morgan fingerprint density at radius 3 is 2.75 bits per heavy atom. The number of nitrogens with two attached hydrogens (primary N) is 1. The number of hydrogen-bond donors (Lipinski definition) is 1. The Labute approximate surface area is 116 Å². The summed E-state index contributed by atoms with van der Waals surface area (Å²) in [5, 5.41) is 3.96. The van der Waals surface area contributed by atoms with Crippen LogP contribution in [0.15, 0.2) is 53.3 Å². The number of benzene rings is 1. The van der Waals surface area contributed by atoms with Crippen molar-refractivity contribution >= 4 is 5.69 Å². The predicted octanol–water partition coefficient (Wildman–Crippen LogP) is 2.50. The van der Waals surface area contributed by atoms with Crippen molar-refractivity contribution in [3.63, 3.8) is 0 Å². The summed E-state index contributed by atoms with van der Waals surface area (Å²) in [6, 6.07) is 11.5. The number of hydrogen-bond acceptors (Lipinski definition) is 5. The average molecular weight is 266 g/mol. The van der Waals surface area contributed by atoms with Gasteiger partial charge in [-0.25, -0.2) is 0 Å². The van der Waals surface area contributed by atoms with Crippen molar-refractivity contribution in [1.29, 1.82) is 0 Å². The number of pyridine rings is 1. The van der Waals surface area contributed by atoms with Gasteiger partial charge in [0.1, 0.15) is 0 Å². The molecule has 1 aromatic carbocycles. The maximum Gasteiger partial charge on any atom is 0.227 e. The zero-order chi connectivity index (χ0) is 13.8. The lowest BCUT2D eigenvalue weighted by atomic mass is 10.1. The summed E-state index contributed by atoms with van der Waals surface area (Å²) in [6.07, 6.45) is 4.87. The number of nitrogen functional groups attached to an aromatic ring is 1. The molecule has 2 aromatic heterocycles. The SMILES string of the molecule is Nc1ccccc1CCc1nc(-c2cccnc2)no1. The minimum atomic E-state index is 0.564. The molecule has 0 atom stereocenters. The van der Waals surface area contributed by atoms with Crippen LogP contribution in [0.1, 0.15) is 11.5 Å². The van der Waals surface area contributed by atoms with Crippen molar-refractivity contribution in [2.75, 3.05) is 5.73 Å². The van der Waals surface area contributed by atoms with Crippen LogP contribution in [0.25, 0.3) is 11.4 Å². The van der Waals surface area contributed by atoms with Crippen LogP contribution < -0.4 is 5.73 Å². The van der Waals surface area contributed by atoms with E-state index >= 15 is 0 Å².